The van der Waals surface area contributed by atoms with Crippen LogP contribution in [0, 0.1) is 0 Å². The number of hydrogen-bond donors (Lipinski definition) is 1. The molecule has 0 radical (unpaired) electrons. The zero-order chi connectivity index (χ0) is 16.7. The van der Waals surface area contributed by atoms with Crippen molar-refractivity contribution >= 4 is 11.9 Å². The standard InChI is InChI=1S/C19H21NO3/c1-14(2)23-18(21)13-17(15-9-5-3-6-10-15)20-19(22)16-11-7-4-8-12-16/h3-12,14,17H,13H2,1-2H3,(H,20,22)/t17-/m1/s1. The lowest BCUT2D eigenvalue weighted by molar-refractivity contribution is -0.147. The van der Waals surface area contributed by atoms with E-state index in [9.17, 15) is 9.59 Å². The Kier molecular flexibility index (Phi) is 5.92. The van der Waals surface area contributed by atoms with E-state index >= 15 is 0 Å². The second-order valence-corrected chi connectivity index (χ2v) is 5.55. The van der Waals surface area contributed by atoms with Crippen LogP contribution in [0.1, 0.15) is 42.2 Å². The summed E-state index contributed by atoms with van der Waals surface area (Å²) in [6.07, 6.45) is -0.0791. The molecule has 2 aromatic carbocycles. The van der Waals surface area contributed by atoms with E-state index in [0.717, 1.165) is 5.56 Å². The molecule has 0 saturated heterocycles. The lowest BCUT2D eigenvalue weighted by Gasteiger charge is -2.19. The Morgan fingerprint density at radius 3 is 2.09 bits per heavy atom. The first-order chi connectivity index (χ1) is 11.1. The third-order valence-corrected chi connectivity index (χ3v) is 3.28. The summed E-state index contributed by atoms with van der Waals surface area (Å²) in [5.74, 6) is -0.543. The van der Waals surface area contributed by atoms with Crippen molar-refractivity contribution < 1.29 is 14.3 Å². The van der Waals surface area contributed by atoms with Gasteiger partial charge in [-0.15, -0.1) is 0 Å². The van der Waals surface area contributed by atoms with Gasteiger partial charge in [0.2, 0.25) is 0 Å². The fraction of sp³-hybridized carbons (Fsp3) is 0.263. The Morgan fingerprint density at radius 2 is 1.52 bits per heavy atom. The monoisotopic (exact) mass is 311 g/mol. The lowest BCUT2D eigenvalue weighted by Crippen LogP contribution is -2.31. The second kappa shape index (κ2) is 8.13. The summed E-state index contributed by atoms with van der Waals surface area (Å²) in [5.41, 5.74) is 1.43. The van der Waals surface area contributed by atoms with Crippen LogP contribution in [0.15, 0.2) is 60.7 Å². The Bertz CT molecular complexity index is 638. The first-order valence-corrected chi connectivity index (χ1v) is 7.66. The second-order valence-electron chi connectivity index (χ2n) is 5.55. The van der Waals surface area contributed by atoms with E-state index in [1.54, 1.807) is 38.1 Å². The molecule has 2 rings (SSSR count). The number of hydrogen-bond acceptors (Lipinski definition) is 3. The Labute approximate surface area is 136 Å². The van der Waals surface area contributed by atoms with E-state index in [1.807, 2.05) is 36.4 Å². The van der Waals surface area contributed by atoms with Crippen molar-refractivity contribution in [2.45, 2.75) is 32.4 Å². The number of carbonyl (C=O) groups is 2. The quantitative estimate of drug-likeness (QED) is 0.831. The first kappa shape index (κ1) is 16.7. The summed E-state index contributed by atoms with van der Waals surface area (Å²) in [7, 11) is 0. The predicted octanol–water partition coefficient (Wildman–Crippen LogP) is 3.50. The number of amides is 1. The van der Waals surface area contributed by atoms with Gasteiger partial charge >= 0.3 is 5.97 Å². The fourth-order valence-corrected chi connectivity index (χ4v) is 2.25. The molecule has 0 aliphatic rings. The van der Waals surface area contributed by atoms with E-state index in [1.165, 1.54) is 0 Å². The van der Waals surface area contributed by atoms with Gasteiger partial charge in [0, 0.05) is 5.56 Å². The molecular formula is C19H21NO3. The van der Waals surface area contributed by atoms with Gasteiger partial charge in [0.05, 0.1) is 18.6 Å². The van der Waals surface area contributed by atoms with Crippen molar-refractivity contribution in [3.63, 3.8) is 0 Å². The van der Waals surface area contributed by atoms with E-state index in [-0.39, 0.29) is 24.4 Å². The van der Waals surface area contributed by atoms with Crippen LogP contribution >= 0.6 is 0 Å². The zero-order valence-electron chi connectivity index (χ0n) is 13.4. The van der Waals surface area contributed by atoms with Crippen molar-refractivity contribution in [2.75, 3.05) is 0 Å². The molecule has 0 unspecified atom stereocenters. The molecule has 1 N–H and O–H groups in total. The van der Waals surface area contributed by atoms with Gasteiger partial charge < -0.3 is 10.1 Å². The van der Waals surface area contributed by atoms with Gasteiger partial charge in [-0.25, -0.2) is 0 Å². The Balaban J connectivity index is 2.14. The summed E-state index contributed by atoms with van der Waals surface area (Å²) >= 11 is 0. The van der Waals surface area contributed by atoms with Crippen molar-refractivity contribution in [3.05, 3.63) is 71.8 Å². The highest BCUT2D eigenvalue weighted by molar-refractivity contribution is 5.94. The van der Waals surface area contributed by atoms with Crippen LogP contribution in [0.25, 0.3) is 0 Å². The largest absolute Gasteiger partial charge is 0.463 e. The fourth-order valence-electron chi connectivity index (χ4n) is 2.25. The molecule has 2 aromatic rings. The van der Waals surface area contributed by atoms with Crippen molar-refractivity contribution in [1.29, 1.82) is 0 Å². The summed E-state index contributed by atoms with van der Waals surface area (Å²) in [4.78, 5) is 24.4. The van der Waals surface area contributed by atoms with Gasteiger partial charge in [0.1, 0.15) is 0 Å². The lowest BCUT2D eigenvalue weighted by atomic mass is 10.0. The molecule has 0 heterocycles. The van der Waals surface area contributed by atoms with Gasteiger partial charge in [-0.3, -0.25) is 9.59 Å². The van der Waals surface area contributed by atoms with E-state index in [0.29, 0.717) is 5.56 Å². The maximum Gasteiger partial charge on any atom is 0.308 e. The number of rotatable bonds is 6. The molecule has 4 heteroatoms. The minimum Gasteiger partial charge on any atom is -0.463 e. The SMILES string of the molecule is CC(C)OC(=O)C[C@@H](NC(=O)c1ccccc1)c1ccccc1. The number of benzene rings is 2. The van der Waals surface area contributed by atoms with Crippen LogP contribution in [0.3, 0.4) is 0 Å². The number of carbonyl (C=O) groups excluding carboxylic acids is 2. The molecular weight excluding hydrogens is 290 g/mol. The van der Waals surface area contributed by atoms with Crippen molar-refractivity contribution in [1.82, 2.24) is 5.32 Å². The highest BCUT2D eigenvalue weighted by Crippen LogP contribution is 2.18. The van der Waals surface area contributed by atoms with Crippen molar-refractivity contribution in [3.8, 4) is 0 Å². The van der Waals surface area contributed by atoms with Gasteiger partial charge in [-0.1, -0.05) is 48.5 Å². The normalized spacial score (nSPS) is 11.8. The minimum atomic E-state index is -0.421. The molecule has 120 valence electrons. The molecule has 23 heavy (non-hydrogen) atoms. The molecule has 0 aliphatic carbocycles. The molecule has 1 amide bonds. The van der Waals surface area contributed by atoms with Crippen LogP contribution in [-0.4, -0.2) is 18.0 Å². The van der Waals surface area contributed by atoms with E-state index in [2.05, 4.69) is 5.32 Å². The Morgan fingerprint density at radius 1 is 0.957 bits per heavy atom. The molecule has 0 fully saturated rings. The first-order valence-electron chi connectivity index (χ1n) is 7.66. The Hall–Kier alpha value is -2.62. The maximum atomic E-state index is 12.4. The molecule has 4 nitrogen and oxygen atoms in total. The average molecular weight is 311 g/mol. The van der Waals surface area contributed by atoms with Crippen LogP contribution in [0.5, 0.6) is 0 Å². The van der Waals surface area contributed by atoms with E-state index < -0.39 is 6.04 Å². The van der Waals surface area contributed by atoms with Crippen LogP contribution in [0.2, 0.25) is 0 Å². The van der Waals surface area contributed by atoms with Gasteiger partial charge in [0.25, 0.3) is 5.91 Å². The summed E-state index contributed by atoms with van der Waals surface area (Å²) in [6.45, 7) is 3.61. The highest BCUT2D eigenvalue weighted by atomic mass is 16.5. The maximum absolute atomic E-state index is 12.4. The van der Waals surface area contributed by atoms with Crippen molar-refractivity contribution in [2.24, 2.45) is 0 Å². The summed E-state index contributed by atoms with van der Waals surface area (Å²) in [6, 6.07) is 18.0. The summed E-state index contributed by atoms with van der Waals surface area (Å²) < 4.78 is 5.20. The number of esters is 1. The van der Waals surface area contributed by atoms with Crippen LogP contribution in [-0.2, 0) is 9.53 Å². The number of nitrogens with one attached hydrogen (secondary N) is 1. The third-order valence-electron chi connectivity index (χ3n) is 3.28. The predicted molar refractivity (Wildman–Crippen MR) is 88.9 cm³/mol. The van der Waals surface area contributed by atoms with E-state index in [4.69, 9.17) is 4.74 Å². The molecule has 0 aliphatic heterocycles. The minimum absolute atomic E-state index is 0.0980. The zero-order valence-corrected chi connectivity index (χ0v) is 13.4. The van der Waals surface area contributed by atoms with Crippen LogP contribution in [0.4, 0.5) is 0 Å². The summed E-state index contributed by atoms with van der Waals surface area (Å²) in [5, 5.41) is 2.91. The topological polar surface area (TPSA) is 55.4 Å². The van der Waals surface area contributed by atoms with Gasteiger partial charge in [0.15, 0.2) is 0 Å². The molecule has 0 aromatic heterocycles. The molecule has 0 spiro atoms. The van der Waals surface area contributed by atoms with Gasteiger partial charge in [-0.2, -0.15) is 0 Å². The third kappa shape index (κ3) is 5.25. The highest BCUT2D eigenvalue weighted by Gasteiger charge is 2.20. The smallest absolute Gasteiger partial charge is 0.308 e. The molecule has 0 bridgehead atoms. The number of ether oxygens (including phenoxy) is 1. The van der Waals surface area contributed by atoms with Crippen LogP contribution < -0.4 is 5.32 Å². The van der Waals surface area contributed by atoms with Gasteiger partial charge in [-0.05, 0) is 31.5 Å². The molecule has 0 saturated carbocycles. The molecule has 1 atom stereocenters. The average Bonchev–Trinajstić information content (AvgIpc) is 2.55.